The Morgan fingerprint density at radius 1 is 1.29 bits per heavy atom. The molecule has 3 rings (SSSR count). The summed E-state index contributed by atoms with van der Waals surface area (Å²) < 4.78 is 5.55. The third-order valence-electron chi connectivity index (χ3n) is 5.54. The molecule has 0 radical (unpaired) electrons. The average molecular weight is 288 g/mol. The smallest absolute Gasteiger partial charge is 0.122 e. The number of hydrogen-bond acceptors (Lipinski definition) is 2. The summed E-state index contributed by atoms with van der Waals surface area (Å²) in [6, 6.07) is 6.52. The zero-order chi connectivity index (χ0) is 14.9. The summed E-state index contributed by atoms with van der Waals surface area (Å²) in [5, 5.41) is 10.8. The highest BCUT2D eigenvalue weighted by Gasteiger charge is 2.33. The van der Waals surface area contributed by atoms with Gasteiger partial charge in [0.15, 0.2) is 0 Å². The maximum atomic E-state index is 10.8. The fourth-order valence-electron chi connectivity index (χ4n) is 3.87. The van der Waals surface area contributed by atoms with Gasteiger partial charge in [-0.2, -0.15) is 0 Å². The highest BCUT2D eigenvalue weighted by molar-refractivity contribution is 5.39. The Kier molecular flexibility index (Phi) is 4.26. The molecule has 1 N–H and O–H groups in total. The van der Waals surface area contributed by atoms with Crippen molar-refractivity contribution in [3.8, 4) is 5.75 Å². The summed E-state index contributed by atoms with van der Waals surface area (Å²) in [6.45, 7) is 5.43. The van der Waals surface area contributed by atoms with E-state index in [1.807, 2.05) is 0 Å². The number of hydrogen-bond donors (Lipinski definition) is 1. The summed E-state index contributed by atoms with van der Waals surface area (Å²) in [7, 11) is 0. The number of fused-ring (bicyclic) bond motifs is 1. The highest BCUT2D eigenvalue weighted by atomic mass is 16.5. The summed E-state index contributed by atoms with van der Waals surface area (Å²) in [6.07, 6.45) is 7.24. The van der Waals surface area contributed by atoms with Gasteiger partial charge < -0.3 is 9.84 Å². The van der Waals surface area contributed by atoms with Gasteiger partial charge in [-0.15, -0.1) is 0 Å². The lowest BCUT2D eigenvalue weighted by molar-refractivity contribution is -0.0216. The van der Waals surface area contributed by atoms with E-state index in [2.05, 4.69) is 32.0 Å². The van der Waals surface area contributed by atoms with Gasteiger partial charge in [0.2, 0.25) is 0 Å². The molecule has 0 saturated heterocycles. The van der Waals surface area contributed by atoms with Crippen molar-refractivity contribution in [1.82, 2.24) is 0 Å². The van der Waals surface area contributed by atoms with E-state index in [4.69, 9.17) is 4.74 Å². The van der Waals surface area contributed by atoms with Gasteiger partial charge in [-0.05, 0) is 67.6 Å². The van der Waals surface area contributed by atoms with Crippen LogP contribution in [0.1, 0.15) is 57.1 Å². The molecular weight excluding hydrogens is 260 g/mol. The normalized spacial score (nSPS) is 28.5. The van der Waals surface area contributed by atoms with Gasteiger partial charge in [-0.1, -0.05) is 26.0 Å². The lowest BCUT2D eigenvalue weighted by atomic mass is 9.73. The van der Waals surface area contributed by atoms with Crippen LogP contribution in [0, 0.1) is 11.8 Å². The van der Waals surface area contributed by atoms with Crippen molar-refractivity contribution >= 4 is 0 Å². The average Bonchev–Trinajstić information content (AvgIpc) is 2.93. The van der Waals surface area contributed by atoms with E-state index in [-0.39, 0.29) is 0 Å². The molecule has 1 heterocycles. The highest BCUT2D eigenvalue weighted by Crippen LogP contribution is 2.38. The SMILES string of the molecule is CC(C)C1CCC(O)(CCc2ccc3c(c2)CCO3)CC1. The molecule has 21 heavy (non-hydrogen) atoms. The third-order valence-corrected chi connectivity index (χ3v) is 5.54. The van der Waals surface area contributed by atoms with E-state index in [9.17, 15) is 5.11 Å². The Hall–Kier alpha value is -1.02. The molecule has 1 aliphatic carbocycles. The molecule has 0 unspecified atom stereocenters. The minimum absolute atomic E-state index is 0.430. The van der Waals surface area contributed by atoms with Gasteiger partial charge in [-0.25, -0.2) is 0 Å². The Balaban J connectivity index is 1.55. The molecule has 0 bridgehead atoms. The maximum Gasteiger partial charge on any atom is 0.122 e. The lowest BCUT2D eigenvalue weighted by Gasteiger charge is -2.37. The van der Waals surface area contributed by atoms with Crippen LogP contribution in [0.3, 0.4) is 0 Å². The van der Waals surface area contributed by atoms with Crippen LogP contribution in [0.15, 0.2) is 18.2 Å². The first-order valence-electron chi connectivity index (χ1n) is 8.53. The van der Waals surface area contributed by atoms with E-state index in [1.54, 1.807) is 0 Å². The molecule has 0 amide bonds. The molecule has 2 aliphatic rings. The molecule has 1 aliphatic heterocycles. The number of aliphatic hydroxyl groups is 1. The Bertz CT molecular complexity index is 484. The molecule has 1 fully saturated rings. The van der Waals surface area contributed by atoms with Gasteiger partial charge in [0, 0.05) is 6.42 Å². The summed E-state index contributed by atoms with van der Waals surface area (Å²) >= 11 is 0. The molecule has 1 aromatic rings. The molecule has 0 atom stereocenters. The van der Waals surface area contributed by atoms with Gasteiger partial charge in [0.1, 0.15) is 5.75 Å². The molecule has 2 heteroatoms. The Labute approximate surface area is 128 Å². The van der Waals surface area contributed by atoms with Gasteiger partial charge in [0.05, 0.1) is 12.2 Å². The summed E-state index contributed by atoms with van der Waals surface area (Å²) in [4.78, 5) is 0. The molecule has 0 spiro atoms. The second kappa shape index (κ2) is 6.00. The standard InChI is InChI=1S/C19H28O2/c1-14(2)16-6-10-19(20,11-7-16)9-5-15-3-4-18-17(13-15)8-12-21-18/h3-4,13-14,16,20H,5-12H2,1-2H3. The van der Waals surface area contributed by atoms with Crippen molar-refractivity contribution in [1.29, 1.82) is 0 Å². The van der Waals surface area contributed by atoms with E-state index in [1.165, 1.54) is 24.0 Å². The third kappa shape index (κ3) is 3.42. The van der Waals surface area contributed by atoms with Crippen LogP contribution < -0.4 is 4.74 Å². The predicted octanol–water partition coefficient (Wildman–Crippen LogP) is 4.13. The largest absolute Gasteiger partial charge is 0.493 e. The molecule has 116 valence electrons. The number of ether oxygens (including phenoxy) is 1. The number of rotatable bonds is 4. The van der Waals surface area contributed by atoms with E-state index in [0.717, 1.165) is 56.3 Å². The minimum atomic E-state index is -0.430. The molecule has 2 nitrogen and oxygen atoms in total. The van der Waals surface area contributed by atoms with Crippen LogP contribution in [0.5, 0.6) is 5.75 Å². The van der Waals surface area contributed by atoms with Gasteiger partial charge in [0.25, 0.3) is 0 Å². The zero-order valence-electron chi connectivity index (χ0n) is 13.4. The zero-order valence-corrected chi connectivity index (χ0v) is 13.4. The molecule has 1 aromatic carbocycles. The van der Waals surface area contributed by atoms with Crippen molar-refractivity contribution in [3.05, 3.63) is 29.3 Å². The van der Waals surface area contributed by atoms with Crippen LogP contribution in [0.2, 0.25) is 0 Å². The van der Waals surface area contributed by atoms with Crippen molar-refractivity contribution in [2.24, 2.45) is 11.8 Å². The van der Waals surface area contributed by atoms with Crippen molar-refractivity contribution in [2.75, 3.05) is 6.61 Å². The van der Waals surface area contributed by atoms with Gasteiger partial charge in [-0.3, -0.25) is 0 Å². The van der Waals surface area contributed by atoms with E-state index < -0.39 is 5.60 Å². The van der Waals surface area contributed by atoms with Crippen LogP contribution >= 0.6 is 0 Å². The first kappa shape index (κ1) is 14.9. The Morgan fingerprint density at radius 3 is 2.76 bits per heavy atom. The molecule has 1 saturated carbocycles. The predicted molar refractivity (Wildman–Crippen MR) is 85.7 cm³/mol. The van der Waals surface area contributed by atoms with Crippen molar-refractivity contribution < 1.29 is 9.84 Å². The van der Waals surface area contributed by atoms with Gasteiger partial charge >= 0.3 is 0 Å². The molecule has 0 aromatic heterocycles. The topological polar surface area (TPSA) is 29.5 Å². The monoisotopic (exact) mass is 288 g/mol. The maximum absolute atomic E-state index is 10.8. The van der Waals surface area contributed by atoms with Crippen LogP contribution in [0.25, 0.3) is 0 Å². The summed E-state index contributed by atoms with van der Waals surface area (Å²) in [5.41, 5.74) is 2.25. The fraction of sp³-hybridized carbons (Fsp3) is 0.684. The first-order valence-corrected chi connectivity index (χ1v) is 8.53. The summed E-state index contributed by atoms with van der Waals surface area (Å²) in [5.74, 6) is 2.61. The second-order valence-electron chi connectivity index (χ2n) is 7.35. The quantitative estimate of drug-likeness (QED) is 0.902. The first-order chi connectivity index (χ1) is 10.1. The minimum Gasteiger partial charge on any atom is -0.493 e. The number of benzene rings is 1. The van der Waals surface area contributed by atoms with Crippen molar-refractivity contribution in [2.45, 2.75) is 64.4 Å². The van der Waals surface area contributed by atoms with E-state index >= 15 is 0 Å². The van der Waals surface area contributed by atoms with Crippen LogP contribution in [-0.4, -0.2) is 17.3 Å². The van der Waals surface area contributed by atoms with Crippen molar-refractivity contribution in [3.63, 3.8) is 0 Å². The number of aryl methyl sites for hydroxylation is 1. The lowest BCUT2D eigenvalue weighted by Crippen LogP contribution is -2.35. The van der Waals surface area contributed by atoms with Crippen LogP contribution in [-0.2, 0) is 12.8 Å². The fourth-order valence-corrected chi connectivity index (χ4v) is 3.87. The van der Waals surface area contributed by atoms with Crippen LogP contribution in [0.4, 0.5) is 0 Å². The second-order valence-corrected chi connectivity index (χ2v) is 7.35. The molecular formula is C19H28O2. The van der Waals surface area contributed by atoms with E-state index in [0.29, 0.717) is 0 Å². The Morgan fingerprint density at radius 2 is 2.05 bits per heavy atom.